The number of cyclic esters (lactones) is 1. The second-order valence-electron chi connectivity index (χ2n) is 8.05. The maximum atomic E-state index is 12.2. The molecule has 2 aromatic rings. The fourth-order valence-electron chi connectivity index (χ4n) is 3.97. The summed E-state index contributed by atoms with van der Waals surface area (Å²) < 4.78 is 10.7. The summed E-state index contributed by atoms with van der Waals surface area (Å²) in [6.07, 6.45) is -0.105. The molecule has 176 valence electrons. The zero-order valence-electron chi connectivity index (χ0n) is 18.7. The smallest absolute Gasteiger partial charge is 0.414 e. The fourth-order valence-corrected chi connectivity index (χ4v) is 3.97. The monoisotopic (exact) mass is 463 g/mol. The minimum atomic E-state index is -0.473. The Hall–Kier alpha value is -3.98. The van der Waals surface area contributed by atoms with E-state index in [0.29, 0.717) is 29.9 Å². The van der Waals surface area contributed by atoms with Gasteiger partial charge in [-0.05, 0) is 35.4 Å². The second-order valence-corrected chi connectivity index (χ2v) is 8.05. The third kappa shape index (κ3) is 5.15. The van der Waals surface area contributed by atoms with Crippen LogP contribution in [0.4, 0.5) is 10.5 Å². The van der Waals surface area contributed by atoms with Crippen molar-refractivity contribution in [3.63, 3.8) is 0 Å². The third-order valence-electron chi connectivity index (χ3n) is 5.75. The number of ether oxygens (including phenoxy) is 2. The molecule has 34 heavy (non-hydrogen) atoms. The van der Waals surface area contributed by atoms with E-state index in [2.05, 4.69) is 10.6 Å². The van der Waals surface area contributed by atoms with Crippen molar-refractivity contribution in [3.05, 3.63) is 71.3 Å². The van der Waals surface area contributed by atoms with Gasteiger partial charge in [-0.2, -0.15) is 0 Å². The van der Waals surface area contributed by atoms with Gasteiger partial charge < -0.3 is 20.1 Å². The van der Waals surface area contributed by atoms with Crippen LogP contribution in [0, 0.1) is 0 Å². The zero-order valence-corrected chi connectivity index (χ0v) is 18.7. The normalized spacial score (nSPS) is 19.7. The number of rotatable bonds is 8. The number of nitrogens with one attached hydrogen (secondary N) is 2. The molecule has 2 heterocycles. The van der Waals surface area contributed by atoms with Crippen LogP contribution in [-0.4, -0.2) is 62.6 Å². The number of carbonyl (C=O) groups is 4. The van der Waals surface area contributed by atoms with Gasteiger partial charge in [-0.1, -0.05) is 30.3 Å². The molecule has 1 fully saturated rings. The standard InChI is InChI=1S/C25H25N3O6/c1-16(30)26-11-20-13-28(25(32)34-20)19-9-7-17(8-10-19)21-12-27-23(22(21)14-29)15-33-24(31)18-5-3-2-4-6-18/h2-10,14,20,23,27H,11-13,15H2,1H3,(H,26,30)/t20-,23+/m0/s1. The SMILES string of the molecule is CC(=O)NC[C@H]1CN(c2ccc(C3=C(C=O)[C@@H](COC(=O)c4ccccc4)NC3)cc2)C(=O)O1. The largest absolute Gasteiger partial charge is 0.460 e. The first-order valence-electron chi connectivity index (χ1n) is 10.9. The summed E-state index contributed by atoms with van der Waals surface area (Å²) in [4.78, 5) is 48.9. The van der Waals surface area contributed by atoms with E-state index < -0.39 is 24.2 Å². The van der Waals surface area contributed by atoms with E-state index in [9.17, 15) is 19.2 Å². The van der Waals surface area contributed by atoms with E-state index >= 15 is 0 Å². The highest BCUT2D eigenvalue weighted by atomic mass is 16.6. The highest BCUT2D eigenvalue weighted by Gasteiger charge is 2.32. The molecule has 2 aliphatic heterocycles. The minimum absolute atomic E-state index is 0.0404. The van der Waals surface area contributed by atoms with Crippen molar-refractivity contribution in [3.8, 4) is 0 Å². The Balaban J connectivity index is 1.41. The molecule has 0 spiro atoms. The highest BCUT2D eigenvalue weighted by Crippen LogP contribution is 2.28. The van der Waals surface area contributed by atoms with Gasteiger partial charge in [0, 0.05) is 24.7 Å². The van der Waals surface area contributed by atoms with Crippen LogP contribution in [0.1, 0.15) is 22.8 Å². The lowest BCUT2D eigenvalue weighted by atomic mass is 10.00. The summed E-state index contributed by atoms with van der Waals surface area (Å²) in [6, 6.07) is 15.5. The van der Waals surface area contributed by atoms with Gasteiger partial charge in [0.05, 0.1) is 24.7 Å². The molecule has 9 nitrogen and oxygen atoms in total. The molecule has 0 radical (unpaired) electrons. The fraction of sp³-hybridized carbons (Fsp3) is 0.280. The van der Waals surface area contributed by atoms with Crippen molar-refractivity contribution in [1.29, 1.82) is 0 Å². The molecule has 0 aliphatic carbocycles. The lowest BCUT2D eigenvalue weighted by molar-refractivity contribution is -0.119. The number of hydrogen-bond donors (Lipinski definition) is 2. The van der Waals surface area contributed by atoms with Gasteiger partial charge in [0.15, 0.2) is 0 Å². The van der Waals surface area contributed by atoms with Crippen LogP contribution in [0.2, 0.25) is 0 Å². The second kappa shape index (κ2) is 10.3. The maximum Gasteiger partial charge on any atom is 0.414 e. The predicted octanol–water partition coefficient (Wildman–Crippen LogP) is 1.93. The van der Waals surface area contributed by atoms with Crippen molar-refractivity contribution in [2.45, 2.75) is 19.1 Å². The molecular formula is C25H25N3O6. The van der Waals surface area contributed by atoms with Crippen molar-refractivity contribution in [2.24, 2.45) is 0 Å². The van der Waals surface area contributed by atoms with E-state index in [4.69, 9.17) is 9.47 Å². The third-order valence-corrected chi connectivity index (χ3v) is 5.75. The summed E-state index contributed by atoms with van der Waals surface area (Å²) in [5.74, 6) is -0.629. The van der Waals surface area contributed by atoms with Gasteiger partial charge >= 0.3 is 12.1 Å². The Morgan fingerprint density at radius 1 is 1.18 bits per heavy atom. The van der Waals surface area contributed by atoms with Gasteiger partial charge in [-0.15, -0.1) is 0 Å². The van der Waals surface area contributed by atoms with Crippen LogP contribution in [-0.2, 0) is 19.1 Å². The van der Waals surface area contributed by atoms with Crippen LogP contribution in [0.15, 0.2) is 60.2 Å². The Labute approximate surface area is 196 Å². The molecule has 0 unspecified atom stereocenters. The Morgan fingerprint density at radius 3 is 2.59 bits per heavy atom. The Bertz CT molecular complexity index is 1110. The Kier molecular flexibility index (Phi) is 7.03. The van der Waals surface area contributed by atoms with E-state index in [-0.39, 0.29) is 19.1 Å². The first-order chi connectivity index (χ1) is 16.5. The van der Waals surface area contributed by atoms with Crippen molar-refractivity contribution in [2.75, 3.05) is 31.1 Å². The highest BCUT2D eigenvalue weighted by molar-refractivity contribution is 5.94. The number of aldehydes is 1. The number of esters is 1. The number of carbonyl (C=O) groups excluding carboxylic acids is 4. The van der Waals surface area contributed by atoms with Gasteiger partial charge in [0.25, 0.3) is 0 Å². The van der Waals surface area contributed by atoms with Crippen molar-refractivity contribution >= 4 is 35.5 Å². The number of hydrogen-bond acceptors (Lipinski definition) is 7. The van der Waals surface area contributed by atoms with Crippen molar-refractivity contribution < 1.29 is 28.7 Å². The molecule has 4 rings (SSSR count). The number of amides is 2. The molecule has 2 aliphatic rings. The minimum Gasteiger partial charge on any atom is -0.460 e. The number of benzene rings is 2. The summed E-state index contributed by atoms with van der Waals surface area (Å²) >= 11 is 0. The predicted molar refractivity (Wildman–Crippen MR) is 124 cm³/mol. The van der Waals surface area contributed by atoms with Crippen LogP contribution in [0.25, 0.3) is 5.57 Å². The summed E-state index contributed by atoms with van der Waals surface area (Å²) in [5, 5.41) is 5.87. The van der Waals surface area contributed by atoms with Gasteiger partial charge in [-0.3, -0.25) is 14.5 Å². The molecule has 0 saturated carbocycles. The van der Waals surface area contributed by atoms with Crippen molar-refractivity contribution in [1.82, 2.24) is 10.6 Å². The van der Waals surface area contributed by atoms with Crippen LogP contribution < -0.4 is 15.5 Å². The number of nitrogens with zero attached hydrogens (tertiary/aromatic N) is 1. The zero-order chi connectivity index (χ0) is 24.1. The quantitative estimate of drug-likeness (QED) is 0.454. The topological polar surface area (TPSA) is 114 Å². The average Bonchev–Trinajstić information content (AvgIpc) is 3.44. The average molecular weight is 463 g/mol. The Morgan fingerprint density at radius 2 is 1.91 bits per heavy atom. The first kappa shape index (κ1) is 23.2. The first-order valence-corrected chi connectivity index (χ1v) is 10.9. The van der Waals surface area contributed by atoms with E-state index in [0.717, 1.165) is 17.4 Å². The molecule has 0 aromatic heterocycles. The van der Waals surface area contributed by atoms with Gasteiger partial charge in [0.2, 0.25) is 5.91 Å². The molecule has 0 bridgehead atoms. The lowest BCUT2D eigenvalue weighted by Gasteiger charge is -2.14. The van der Waals surface area contributed by atoms with Crippen LogP contribution in [0.3, 0.4) is 0 Å². The number of anilines is 1. The van der Waals surface area contributed by atoms with E-state index in [1.807, 2.05) is 18.2 Å². The molecule has 2 amide bonds. The lowest BCUT2D eigenvalue weighted by Crippen LogP contribution is -2.33. The van der Waals surface area contributed by atoms with Crippen LogP contribution in [0.5, 0.6) is 0 Å². The van der Waals surface area contributed by atoms with E-state index in [1.54, 1.807) is 36.4 Å². The van der Waals surface area contributed by atoms with Gasteiger partial charge in [0.1, 0.15) is 19.0 Å². The van der Waals surface area contributed by atoms with Gasteiger partial charge in [-0.25, -0.2) is 9.59 Å². The summed E-state index contributed by atoms with van der Waals surface area (Å²) in [6.45, 7) is 2.49. The molecule has 2 aromatic carbocycles. The maximum absolute atomic E-state index is 12.2. The molecule has 9 heteroatoms. The molecule has 2 N–H and O–H groups in total. The molecular weight excluding hydrogens is 438 g/mol. The summed E-state index contributed by atoms with van der Waals surface area (Å²) in [5.41, 5.74) is 3.29. The molecule has 2 atom stereocenters. The molecule has 1 saturated heterocycles. The van der Waals surface area contributed by atoms with E-state index in [1.165, 1.54) is 11.8 Å². The summed E-state index contributed by atoms with van der Waals surface area (Å²) in [7, 11) is 0. The van der Waals surface area contributed by atoms with Crippen LogP contribution >= 0.6 is 0 Å².